The highest BCUT2D eigenvalue weighted by Crippen LogP contribution is 2.29. The number of carbonyl (C=O) groups excluding carboxylic acids is 2. The lowest BCUT2D eigenvalue weighted by molar-refractivity contribution is -0.138. The second-order valence-corrected chi connectivity index (χ2v) is 13.1. The van der Waals surface area contributed by atoms with Crippen LogP contribution < -0.4 is 0 Å². The van der Waals surface area contributed by atoms with Crippen LogP contribution in [0, 0.1) is 0 Å². The van der Waals surface area contributed by atoms with Gasteiger partial charge in [-0.2, -0.15) is 0 Å². The van der Waals surface area contributed by atoms with Gasteiger partial charge in [0.05, 0.1) is 13.2 Å². The number of aromatic nitrogens is 4. The fourth-order valence-electron chi connectivity index (χ4n) is 1.55. The first-order valence-corrected chi connectivity index (χ1v) is 16.2. The van der Waals surface area contributed by atoms with Crippen LogP contribution >= 0.6 is 69.7 Å². The predicted octanol–water partition coefficient (Wildman–Crippen LogP) is 3.14. The molecule has 0 aliphatic rings. The van der Waals surface area contributed by atoms with Gasteiger partial charge in [-0.3, -0.25) is 0 Å². The third kappa shape index (κ3) is 21.6. The van der Waals surface area contributed by atoms with Crippen molar-refractivity contribution < 1.29 is 39.2 Å². The fourth-order valence-corrected chi connectivity index (χ4v) is 6.99. The van der Waals surface area contributed by atoms with Crippen LogP contribution in [0.15, 0.2) is 55.3 Å². The molecule has 0 saturated heterocycles. The molecule has 0 fully saturated rings. The summed E-state index contributed by atoms with van der Waals surface area (Å²) in [6.45, 7) is 10.5. The van der Waals surface area contributed by atoms with Gasteiger partial charge in [-0.1, -0.05) is 89.5 Å². The summed E-state index contributed by atoms with van der Waals surface area (Å²) in [7, 11) is 0. The molecule has 3 N–H and O–H groups in total. The number of hydrogen-bond acceptors (Lipinski definition) is 17. The molecule has 2 heterocycles. The Bertz CT molecular complexity index is 955. The average Bonchev–Trinajstić information content (AvgIpc) is 3.60. The smallest absolute Gasteiger partial charge is 0.330 e. The molecule has 39 heavy (non-hydrogen) atoms. The Labute approximate surface area is 250 Å². The highest BCUT2D eigenvalue weighted by Gasteiger charge is 2.07. The van der Waals surface area contributed by atoms with Gasteiger partial charge in [0, 0.05) is 41.2 Å². The van der Waals surface area contributed by atoms with Crippen molar-refractivity contribution in [1.82, 2.24) is 20.4 Å². The first kappa shape index (κ1) is 37.1. The van der Waals surface area contributed by atoms with E-state index in [0.29, 0.717) is 36.2 Å². The molecule has 2 rings (SSSR count). The Morgan fingerprint density at radius 1 is 0.667 bits per heavy atom. The SMILES string of the molecule is C=CC(=O)O.C=CC(=O)OCCSc1nnc(SCCOC(=O)C=C)s1.OCCSc1nnc(SCCO)s1. The standard InChI is InChI=1S/C12H14N2O4S3.C6H10N2O2S3.C3H4O2/c1-3-9(15)17-5-7-19-11-13-14-12(21-11)20-8-6-18-10(16)4-2;9-1-3-11-5-7-8-6(13-5)12-4-2-10;1-2-3(4)5/h3-4H,1-2,5-8H2;9-10H,1-4H2;2H,1H2,(H,4,5). The summed E-state index contributed by atoms with van der Waals surface area (Å²) in [4.78, 5) is 30.9. The number of ether oxygens (including phenoxy) is 2. The highest BCUT2D eigenvalue weighted by molar-refractivity contribution is 8.03. The van der Waals surface area contributed by atoms with Crippen LogP contribution in [-0.4, -0.2) is 103 Å². The van der Waals surface area contributed by atoms with Crippen molar-refractivity contribution in [2.75, 3.05) is 49.4 Å². The van der Waals surface area contributed by atoms with Gasteiger partial charge in [0.1, 0.15) is 13.2 Å². The maximum atomic E-state index is 10.8. The molecule has 2 aromatic rings. The summed E-state index contributed by atoms with van der Waals surface area (Å²) in [5, 5.41) is 40.6. The largest absolute Gasteiger partial charge is 0.478 e. The van der Waals surface area contributed by atoms with Crippen LogP contribution in [0.5, 0.6) is 0 Å². The molecule has 0 aromatic carbocycles. The highest BCUT2D eigenvalue weighted by atomic mass is 32.2. The molecule has 0 bridgehead atoms. The Morgan fingerprint density at radius 3 is 1.23 bits per heavy atom. The molecule has 0 unspecified atom stereocenters. The molecule has 2 aromatic heterocycles. The summed E-state index contributed by atoms with van der Waals surface area (Å²) >= 11 is 8.85. The van der Waals surface area contributed by atoms with E-state index in [1.165, 1.54) is 69.7 Å². The number of aliphatic carboxylic acids is 1. The summed E-state index contributed by atoms with van der Waals surface area (Å²) in [5.41, 5.74) is 0. The van der Waals surface area contributed by atoms with Crippen molar-refractivity contribution >= 4 is 87.6 Å². The summed E-state index contributed by atoms with van der Waals surface area (Å²) < 4.78 is 13.0. The molecule has 18 heteroatoms. The molecular formula is C21H28N4O8S6. The Hall–Kier alpha value is -1.93. The van der Waals surface area contributed by atoms with Gasteiger partial charge in [0.2, 0.25) is 0 Å². The van der Waals surface area contributed by atoms with Crippen molar-refractivity contribution in [2.45, 2.75) is 17.4 Å². The number of carbonyl (C=O) groups is 3. The normalized spacial score (nSPS) is 9.69. The molecule has 0 amide bonds. The Morgan fingerprint density at radius 2 is 0.974 bits per heavy atom. The summed E-state index contributed by atoms with van der Waals surface area (Å²) in [5.74, 6) is 0.672. The minimum absolute atomic E-state index is 0.156. The Balaban J connectivity index is 0.000000678. The van der Waals surface area contributed by atoms with E-state index < -0.39 is 17.9 Å². The first-order chi connectivity index (χ1) is 18.8. The lowest BCUT2D eigenvalue weighted by Gasteiger charge is -1.99. The van der Waals surface area contributed by atoms with Crippen LogP contribution in [0.1, 0.15) is 0 Å². The van der Waals surface area contributed by atoms with Crippen molar-refractivity contribution in [3.63, 3.8) is 0 Å². The maximum Gasteiger partial charge on any atom is 0.330 e. The third-order valence-electron chi connectivity index (χ3n) is 3.02. The van der Waals surface area contributed by atoms with Crippen LogP contribution in [0.3, 0.4) is 0 Å². The van der Waals surface area contributed by atoms with Gasteiger partial charge in [-0.25, -0.2) is 14.4 Å². The van der Waals surface area contributed by atoms with Gasteiger partial charge in [0.25, 0.3) is 0 Å². The number of esters is 2. The lowest BCUT2D eigenvalue weighted by Crippen LogP contribution is -2.03. The zero-order valence-electron chi connectivity index (χ0n) is 20.6. The van der Waals surface area contributed by atoms with Gasteiger partial charge < -0.3 is 24.8 Å². The number of aliphatic hydroxyl groups is 2. The van der Waals surface area contributed by atoms with E-state index in [-0.39, 0.29) is 13.2 Å². The molecule has 0 spiro atoms. The zero-order chi connectivity index (χ0) is 29.3. The number of hydrogen-bond donors (Lipinski definition) is 3. The quantitative estimate of drug-likeness (QED) is 0.0976. The molecule has 0 radical (unpaired) electrons. The molecule has 12 nitrogen and oxygen atoms in total. The molecule has 0 saturated carbocycles. The number of carboxylic acid groups (broad SMARTS) is 1. The van der Waals surface area contributed by atoms with E-state index in [9.17, 15) is 14.4 Å². The zero-order valence-corrected chi connectivity index (χ0v) is 25.5. The second-order valence-electron chi connectivity index (χ2n) is 5.79. The predicted molar refractivity (Wildman–Crippen MR) is 157 cm³/mol. The van der Waals surface area contributed by atoms with Gasteiger partial charge in [-0.05, 0) is 0 Å². The van der Waals surface area contributed by atoms with Crippen LogP contribution in [0.25, 0.3) is 0 Å². The molecule has 0 aliphatic carbocycles. The van der Waals surface area contributed by atoms with Crippen molar-refractivity contribution in [3.05, 3.63) is 38.0 Å². The maximum absolute atomic E-state index is 10.8. The van der Waals surface area contributed by atoms with Gasteiger partial charge >= 0.3 is 17.9 Å². The summed E-state index contributed by atoms with van der Waals surface area (Å²) in [6.07, 6.45) is 3.09. The fraction of sp³-hybridized carbons (Fsp3) is 0.381. The number of carboxylic acids is 1. The minimum atomic E-state index is -0.981. The molecular weight excluding hydrogens is 629 g/mol. The van der Waals surface area contributed by atoms with E-state index in [4.69, 9.17) is 24.8 Å². The third-order valence-corrected chi connectivity index (χ3v) is 9.29. The van der Waals surface area contributed by atoms with Crippen LogP contribution in [0.4, 0.5) is 0 Å². The van der Waals surface area contributed by atoms with Crippen molar-refractivity contribution in [1.29, 1.82) is 0 Å². The van der Waals surface area contributed by atoms with E-state index in [0.717, 1.165) is 35.6 Å². The van der Waals surface area contributed by atoms with E-state index in [1.54, 1.807) is 0 Å². The second kappa shape index (κ2) is 25.1. The molecule has 0 aliphatic heterocycles. The first-order valence-electron chi connectivity index (χ1n) is 10.6. The summed E-state index contributed by atoms with van der Waals surface area (Å²) in [6, 6.07) is 0. The van der Waals surface area contributed by atoms with E-state index >= 15 is 0 Å². The topological polar surface area (TPSA) is 182 Å². The average molecular weight is 657 g/mol. The van der Waals surface area contributed by atoms with Crippen molar-refractivity contribution in [2.24, 2.45) is 0 Å². The monoisotopic (exact) mass is 656 g/mol. The van der Waals surface area contributed by atoms with E-state index in [2.05, 4.69) is 40.1 Å². The van der Waals surface area contributed by atoms with Gasteiger partial charge in [-0.15, -0.1) is 20.4 Å². The molecule has 0 atom stereocenters. The minimum Gasteiger partial charge on any atom is -0.478 e. The molecule has 216 valence electrons. The van der Waals surface area contributed by atoms with Crippen molar-refractivity contribution in [3.8, 4) is 0 Å². The Kier molecular flexibility index (Phi) is 23.8. The van der Waals surface area contributed by atoms with E-state index in [1.807, 2.05) is 0 Å². The number of thioether (sulfide) groups is 4. The van der Waals surface area contributed by atoms with Gasteiger partial charge in [0.15, 0.2) is 17.4 Å². The lowest BCUT2D eigenvalue weighted by atomic mass is 10.6. The number of aliphatic hydroxyl groups excluding tert-OH is 2. The van der Waals surface area contributed by atoms with Crippen LogP contribution in [0.2, 0.25) is 0 Å². The van der Waals surface area contributed by atoms with Crippen LogP contribution in [-0.2, 0) is 23.9 Å². The number of nitrogens with zero attached hydrogens (tertiary/aromatic N) is 4. The number of rotatable bonds is 17.